The van der Waals surface area contributed by atoms with E-state index in [4.69, 9.17) is 0 Å². The number of aliphatic hydroxyl groups is 1. The van der Waals surface area contributed by atoms with Crippen molar-refractivity contribution in [2.24, 2.45) is 0 Å². The maximum absolute atomic E-state index is 9.52. The summed E-state index contributed by atoms with van der Waals surface area (Å²) in [4.78, 5) is 13.2. The number of hydrogen-bond donors (Lipinski definition) is 1. The zero-order valence-electron chi connectivity index (χ0n) is 14.5. The van der Waals surface area contributed by atoms with Gasteiger partial charge in [0, 0.05) is 26.2 Å². The van der Waals surface area contributed by atoms with Crippen LogP contribution in [-0.4, -0.2) is 41.3 Å². The summed E-state index contributed by atoms with van der Waals surface area (Å²) in [5, 5.41) is 9.52. The van der Waals surface area contributed by atoms with Crippen molar-refractivity contribution >= 4 is 11.6 Å². The van der Waals surface area contributed by atoms with Gasteiger partial charge >= 0.3 is 0 Å². The summed E-state index contributed by atoms with van der Waals surface area (Å²) in [7, 11) is 2.05. The van der Waals surface area contributed by atoms with E-state index in [2.05, 4.69) is 51.0 Å². The zero-order valence-corrected chi connectivity index (χ0v) is 14.5. The summed E-state index contributed by atoms with van der Waals surface area (Å²) in [5.41, 5.74) is 2.62. The third-order valence-corrected chi connectivity index (χ3v) is 4.76. The van der Waals surface area contributed by atoms with Crippen LogP contribution in [0.3, 0.4) is 0 Å². The van der Waals surface area contributed by atoms with Gasteiger partial charge in [-0.1, -0.05) is 31.2 Å². The predicted molar refractivity (Wildman–Crippen MR) is 97.4 cm³/mol. The normalized spacial score (nSPS) is 17.3. The second-order valence-corrected chi connectivity index (χ2v) is 6.43. The zero-order chi connectivity index (χ0) is 16.9. The fraction of sp³-hybridized carbons (Fsp3) is 0.474. The fourth-order valence-corrected chi connectivity index (χ4v) is 3.27. The smallest absolute Gasteiger partial charge is 0.134 e. The summed E-state index contributed by atoms with van der Waals surface area (Å²) in [6.07, 6.45) is 4.81. The molecule has 1 fully saturated rings. The van der Waals surface area contributed by atoms with E-state index in [0.29, 0.717) is 0 Å². The molecule has 2 heterocycles. The van der Waals surface area contributed by atoms with E-state index in [1.165, 1.54) is 11.1 Å². The molecule has 1 aliphatic rings. The molecule has 0 aliphatic carbocycles. The molecule has 1 saturated heterocycles. The van der Waals surface area contributed by atoms with Crippen molar-refractivity contribution in [2.75, 3.05) is 30.0 Å². The Kier molecular flexibility index (Phi) is 5.30. The van der Waals surface area contributed by atoms with E-state index in [-0.39, 0.29) is 12.6 Å². The predicted octanol–water partition coefficient (Wildman–Crippen LogP) is 2.64. The Balaban J connectivity index is 1.72. The Morgan fingerprint density at radius 1 is 1.21 bits per heavy atom. The van der Waals surface area contributed by atoms with E-state index in [9.17, 15) is 5.11 Å². The molecule has 0 bridgehead atoms. The van der Waals surface area contributed by atoms with Gasteiger partial charge in [0.1, 0.15) is 18.0 Å². The number of aryl methyl sites for hydroxylation is 1. The standard InChI is InChI=1S/C19H26N4O/c1-3-15-6-8-16(9-7-15)12-22(2)18-11-19(21-14-20-18)23-10-4-5-17(23)13-24/h6-9,11,14,17,24H,3-5,10,12-13H2,1-2H3. The van der Waals surface area contributed by atoms with E-state index in [1.807, 2.05) is 13.1 Å². The first-order valence-corrected chi connectivity index (χ1v) is 8.69. The average Bonchev–Trinajstić information content (AvgIpc) is 3.11. The van der Waals surface area contributed by atoms with Crippen LogP contribution in [0.15, 0.2) is 36.7 Å². The molecule has 1 atom stereocenters. The molecule has 128 valence electrons. The third kappa shape index (κ3) is 3.67. The SMILES string of the molecule is CCc1ccc(CN(C)c2cc(N3CCCC3CO)ncn2)cc1. The highest BCUT2D eigenvalue weighted by Crippen LogP contribution is 2.25. The third-order valence-electron chi connectivity index (χ3n) is 4.76. The first-order chi connectivity index (χ1) is 11.7. The van der Waals surface area contributed by atoms with Crippen LogP contribution in [0.25, 0.3) is 0 Å². The molecule has 1 aromatic carbocycles. The van der Waals surface area contributed by atoms with Gasteiger partial charge in [-0.15, -0.1) is 0 Å². The second-order valence-electron chi connectivity index (χ2n) is 6.43. The van der Waals surface area contributed by atoms with Gasteiger partial charge in [-0.05, 0) is 30.4 Å². The summed E-state index contributed by atoms with van der Waals surface area (Å²) in [6, 6.07) is 10.9. The number of aromatic nitrogens is 2. The Labute approximate surface area is 144 Å². The van der Waals surface area contributed by atoms with Gasteiger partial charge in [0.05, 0.1) is 12.6 Å². The minimum Gasteiger partial charge on any atom is -0.394 e. The van der Waals surface area contributed by atoms with Crippen LogP contribution in [0.4, 0.5) is 11.6 Å². The lowest BCUT2D eigenvalue weighted by molar-refractivity contribution is 0.266. The molecule has 0 amide bonds. The van der Waals surface area contributed by atoms with Gasteiger partial charge in [0.25, 0.3) is 0 Å². The van der Waals surface area contributed by atoms with Gasteiger partial charge in [-0.25, -0.2) is 9.97 Å². The molecule has 5 nitrogen and oxygen atoms in total. The van der Waals surface area contributed by atoms with Crippen LogP contribution < -0.4 is 9.80 Å². The van der Waals surface area contributed by atoms with Crippen LogP contribution in [-0.2, 0) is 13.0 Å². The Bertz CT molecular complexity index is 659. The molecule has 5 heteroatoms. The second kappa shape index (κ2) is 7.62. The Morgan fingerprint density at radius 2 is 1.96 bits per heavy atom. The van der Waals surface area contributed by atoms with Crippen molar-refractivity contribution in [2.45, 2.75) is 38.8 Å². The van der Waals surface area contributed by atoms with Crippen LogP contribution in [0, 0.1) is 0 Å². The Morgan fingerprint density at radius 3 is 2.67 bits per heavy atom. The minimum absolute atomic E-state index is 0.180. The van der Waals surface area contributed by atoms with Crippen molar-refractivity contribution < 1.29 is 5.11 Å². The molecule has 0 spiro atoms. The first kappa shape index (κ1) is 16.7. The monoisotopic (exact) mass is 326 g/mol. The van der Waals surface area contributed by atoms with Gasteiger partial charge in [0.2, 0.25) is 0 Å². The minimum atomic E-state index is 0.180. The summed E-state index contributed by atoms with van der Waals surface area (Å²) in [5.74, 6) is 1.81. The molecular weight excluding hydrogens is 300 g/mol. The van der Waals surface area contributed by atoms with Gasteiger partial charge < -0.3 is 14.9 Å². The fourth-order valence-electron chi connectivity index (χ4n) is 3.27. The van der Waals surface area contributed by atoms with Crippen LogP contribution in [0.1, 0.15) is 30.9 Å². The highest BCUT2D eigenvalue weighted by Gasteiger charge is 2.25. The molecule has 24 heavy (non-hydrogen) atoms. The molecule has 1 aromatic heterocycles. The first-order valence-electron chi connectivity index (χ1n) is 8.69. The number of anilines is 2. The van der Waals surface area contributed by atoms with Crippen LogP contribution in [0.5, 0.6) is 0 Å². The quantitative estimate of drug-likeness (QED) is 0.884. The number of benzene rings is 1. The van der Waals surface area contributed by atoms with Crippen molar-refractivity contribution in [3.05, 3.63) is 47.8 Å². The number of aliphatic hydroxyl groups excluding tert-OH is 1. The van der Waals surface area contributed by atoms with Gasteiger partial charge in [-0.3, -0.25) is 0 Å². The molecule has 0 saturated carbocycles. The average molecular weight is 326 g/mol. The van der Waals surface area contributed by atoms with E-state index >= 15 is 0 Å². The number of nitrogens with zero attached hydrogens (tertiary/aromatic N) is 4. The number of rotatable bonds is 6. The maximum Gasteiger partial charge on any atom is 0.134 e. The summed E-state index contributed by atoms with van der Waals surface area (Å²) < 4.78 is 0. The van der Waals surface area contributed by atoms with E-state index in [1.54, 1.807) is 6.33 Å². The van der Waals surface area contributed by atoms with Crippen molar-refractivity contribution in [3.63, 3.8) is 0 Å². The summed E-state index contributed by atoms with van der Waals surface area (Å²) >= 11 is 0. The molecule has 2 aromatic rings. The summed E-state index contributed by atoms with van der Waals surface area (Å²) in [6.45, 7) is 4.11. The molecular formula is C19H26N4O. The van der Waals surface area contributed by atoms with Crippen LogP contribution >= 0.6 is 0 Å². The Hall–Kier alpha value is -2.14. The highest BCUT2D eigenvalue weighted by molar-refractivity contribution is 5.51. The van der Waals surface area contributed by atoms with Crippen molar-refractivity contribution in [1.29, 1.82) is 0 Å². The lowest BCUT2D eigenvalue weighted by atomic mass is 10.1. The van der Waals surface area contributed by atoms with Crippen molar-refractivity contribution in [3.8, 4) is 0 Å². The van der Waals surface area contributed by atoms with Crippen molar-refractivity contribution in [1.82, 2.24) is 9.97 Å². The van der Waals surface area contributed by atoms with Crippen LogP contribution in [0.2, 0.25) is 0 Å². The van der Waals surface area contributed by atoms with E-state index in [0.717, 1.165) is 44.0 Å². The lowest BCUT2D eigenvalue weighted by Crippen LogP contribution is -2.33. The van der Waals surface area contributed by atoms with E-state index < -0.39 is 0 Å². The lowest BCUT2D eigenvalue weighted by Gasteiger charge is -2.25. The maximum atomic E-state index is 9.52. The largest absolute Gasteiger partial charge is 0.394 e. The van der Waals surface area contributed by atoms with Gasteiger partial charge in [0.15, 0.2) is 0 Å². The molecule has 0 radical (unpaired) electrons. The highest BCUT2D eigenvalue weighted by atomic mass is 16.3. The number of hydrogen-bond acceptors (Lipinski definition) is 5. The molecule has 3 rings (SSSR count). The van der Waals surface area contributed by atoms with Gasteiger partial charge in [-0.2, -0.15) is 0 Å². The molecule has 1 aliphatic heterocycles. The molecule has 1 N–H and O–H groups in total. The topological polar surface area (TPSA) is 52.5 Å². The molecule has 1 unspecified atom stereocenters.